The van der Waals surface area contributed by atoms with Crippen molar-refractivity contribution >= 4 is 17.7 Å². The van der Waals surface area contributed by atoms with E-state index in [1.165, 1.54) is 18.9 Å². The number of carbonyl (C=O) groups is 1. The molecule has 1 rings (SSSR count). The lowest BCUT2D eigenvalue weighted by Gasteiger charge is -2.02. The second-order valence-electron chi connectivity index (χ2n) is 2.38. The summed E-state index contributed by atoms with van der Waals surface area (Å²) >= 11 is 1.39. The molecule has 0 aliphatic carbocycles. The van der Waals surface area contributed by atoms with Gasteiger partial charge in [-0.3, -0.25) is 0 Å². The van der Waals surface area contributed by atoms with Gasteiger partial charge in [0, 0.05) is 11.8 Å². The Morgan fingerprint density at radius 1 is 1.62 bits per heavy atom. The highest BCUT2D eigenvalue weighted by Gasteiger charge is 2.11. The first-order valence-corrected chi connectivity index (χ1v) is 4.87. The normalized spacial score (nSPS) is 9.77. The summed E-state index contributed by atoms with van der Waals surface area (Å²) < 4.78 is 4.58. The third-order valence-corrected chi connectivity index (χ3v) is 2.07. The minimum absolute atomic E-state index is 0.335. The maximum atomic E-state index is 11.2. The number of rotatable bonds is 2. The van der Waals surface area contributed by atoms with Crippen molar-refractivity contribution in [3.05, 3.63) is 17.5 Å². The van der Waals surface area contributed by atoms with Gasteiger partial charge in [-0.25, -0.2) is 14.8 Å². The fourth-order valence-electron chi connectivity index (χ4n) is 0.828. The van der Waals surface area contributed by atoms with Crippen LogP contribution in [0.3, 0.4) is 0 Å². The van der Waals surface area contributed by atoms with Crippen LogP contribution in [-0.4, -0.2) is 29.3 Å². The molecule has 5 heteroatoms. The van der Waals surface area contributed by atoms with Gasteiger partial charge in [-0.2, -0.15) is 0 Å². The average Bonchev–Trinajstić information content (AvgIpc) is 2.17. The van der Waals surface area contributed by atoms with Crippen molar-refractivity contribution in [2.75, 3.05) is 13.4 Å². The largest absolute Gasteiger partial charge is 0.464 e. The molecule has 13 heavy (non-hydrogen) atoms. The number of methoxy groups -OCH3 is 1. The van der Waals surface area contributed by atoms with Crippen molar-refractivity contribution in [3.63, 3.8) is 0 Å². The highest BCUT2D eigenvalue weighted by atomic mass is 32.2. The smallest absolute Gasteiger partial charge is 0.357 e. The van der Waals surface area contributed by atoms with Gasteiger partial charge >= 0.3 is 5.97 Å². The van der Waals surface area contributed by atoms with Crippen LogP contribution in [0, 0.1) is 6.92 Å². The highest BCUT2D eigenvalue weighted by molar-refractivity contribution is 7.98. The zero-order chi connectivity index (χ0) is 9.84. The molecular formula is C8H10N2O2S. The second kappa shape index (κ2) is 4.23. The molecule has 0 aliphatic rings. The van der Waals surface area contributed by atoms with Crippen LogP contribution in [0.1, 0.15) is 16.1 Å². The van der Waals surface area contributed by atoms with Crippen LogP contribution in [0.5, 0.6) is 0 Å². The van der Waals surface area contributed by atoms with Crippen LogP contribution >= 0.6 is 11.8 Å². The fourth-order valence-corrected chi connectivity index (χ4v) is 1.17. The molecule has 70 valence electrons. The number of hydrogen-bond acceptors (Lipinski definition) is 5. The predicted octanol–water partition coefficient (Wildman–Crippen LogP) is 1.29. The molecule has 0 bridgehead atoms. The van der Waals surface area contributed by atoms with E-state index < -0.39 is 5.97 Å². The minimum atomic E-state index is -0.421. The Hall–Kier alpha value is -1.10. The van der Waals surface area contributed by atoms with E-state index in [-0.39, 0.29) is 0 Å². The maximum Gasteiger partial charge on any atom is 0.357 e. The van der Waals surface area contributed by atoms with Gasteiger partial charge in [-0.05, 0) is 13.2 Å². The van der Waals surface area contributed by atoms with Gasteiger partial charge in [-0.1, -0.05) is 11.8 Å². The molecule has 0 fully saturated rings. The van der Waals surface area contributed by atoms with Gasteiger partial charge in [0.05, 0.1) is 7.11 Å². The average molecular weight is 198 g/mol. The fraction of sp³-hybridized carbons (Fsp3) is 0.375. The summed E-state index contributed by atoms with van der Waals surface area (Å²) in [6.07, 6.45) is 3.47. The van der Waals surface area contributed by atoms with E-state index in [0.717, 1.165) is 5.56 Å². The molecule has 0 amide bonds. The van der Waals surface area contributed by atoms with E-state index in [1.54, 1.807) is 13.1 Å². The quantitative estimate of drug-likeness (QED) is 0.407. The number of hydrogen-bond donors (Lipinski definition) is 0. The first kappa shape index (κ1) is 9.98. The molecule has 0 saturated heterocycles. The molecule has 0 radical (unpaired) electrons. The first-order valence-electron chi connectivity index (χ1n) is 3.65. The number of aryl methyl sites for hydroxylation is 1. The van der Waals surface area contributed by atoms with Crippen molar-refractivity contribution in [3.8, 4) is 0 Å². The summed E-state index contributed by atoms with van der Waals surface area (Å²) in [6, 6.07) is 0. The topological polar surface area (TPSA) is 52.1 Å². The summed E-state index contributed by atoms with van der Waals surface area (Å²) in [5.41, 5.74) is 1.06. The van der Waals surface area contributed by atoms with Gasteiger partial charge in [0.2, 0.25) is 0 Å². The standard InChI is InChI=1S/C8H10N2O2S/c1-5-4-9-8(13-3)10-6(5)7(11)12-2/h4H,1-3H3. The lowest BCUT2D eigenvalue weighted by Crippen LogP contribution is -2.08. The Kier molecular flexibility index (Phi) is 3.25. The van der Waals surface area contributed by atoms with Gasteiger partial charge in [0.25, 0.3) is 0 Å². The molecular weight excluding hydrogens is 188 g/mol. The second-order valence-corrected chi connectivity index (χ2v) is 3.15. The van der Waals surface area contributed by atoms with Gasteiger partial charge in [0.15, 0.2) is 10.9 Å². The Bertz CT molecular complexity index is 328. The Balaban J connectivity index is 3.11. The minimum Gasteiger partial charge on any atom is -0.464 e. The first-order chi connectivity index (χ1) is 6.19. The molecule has 0 saturated carbocycles. The van der Waals surface area contributed by atoms with Gasteiger partial charge in [0.1, 0.15) is 0 Å². The molecule has 1 aromatic heterocycles. The van der Waals surface area contributed by atoms with Crippen LogP contribution in [-0.2, 0) is 4.74 Å². The summed E-state index contributed by atoms with van der Waals surface area (Å²) in [5, 5.41) is 0.575. The van der Waals surface area contributed by atoms with E-state index >= 15 is 0 Å². The lowest BCUT2D eigenvalue weighted by molar-refractivity contribution is 0.0592. The molecule has 0 aliphatic heterocycles. The van der Waals surface area contributed by atoms with Crippen LogP contribution in [0.15, 0.2) is 11.4 Å². The van der Waals surface area contributed by atoms with Crippen LogP contribution < -0.4 is 0 Å². The van der Waals surface area contributed by atoms with E-state index in [0.29, 0.717) is 10.9 Å². The lowest BCUT2D eigenvalue weighted by atomic mass is 10.2. The van der Waals surface area contributed by atoms with Gasteiger partial charge in [-0.15, -0.1) is 0 Å². The Morgan fingerprint density at radius 2 is 2.31 bits per heavy atom. The van der Waals surface area contributed by atoms with E-state index in [2.05, 4.69) is 14.7 Å². The molecule has 0 atom stereocenters. The monoisotopic (exact) mass is 198 g/mol. The number of aromatic nitrogens is 2. The van der Waals surface area contributed by atoms with E-state index in [1.807, 2.05) is 6.26 Å². The van der Waals surface area contributed by atoms with E-state index in [9.17, 15) is 4.79 Å². The Morgan fingerprint density at radius 3 is 2.85 bits per heavy atom. The summed E-state index contributed by atoms with van der Waals surface area (Å²) in [6.45, 7) is 1.77. The van der Waals surface area contributed by atoms with Crippen LogP contribution in [0.25, 0.3) is 0 Å². The SMILES string of the molecule is COC(=O)c1nc(SC)ncc1C. The number of ether oxygens (including phenoxy) is 1. The summed E-state index contributed by atoms with van der Waals surface area (Å²) in [7, 11) is 1.34. The molecule has 1 heterocycles. The molecule has 4 nitrogen and oxygen atoms in total. The van der Waals surface area contributed by atoms with Crippen LogP contribution in [0.4, 0.5) is 0 Å². The number of carbonyl (C=O) groups excluding carboxylic acids is 1. The molecule has 0 aromatic carbocycles. The zero-order valence-electron chi connectivity index (χ0n) is 7.70. The highest BCUT2D eigenvalue weighted by Crippen LogP contribution is 2.11. The Labute approximate surface area is 80.7 Å². The maximum absolute atomic E-state index is 11.2. The number of esters is 1. The summed E-state index contributed by atoms with van der Waals surface area (Å²) in [5.74, 6) is -0.421. The molecule has 0 spiro atoms. The van der Waals surface area contributed by atoms with Crippen molar-refractivity contribution < 1.29 is 9.53 Å². The molecule has 0 N–H and O–H groups in total. The van der Waals surface area contributed by atoms with Crippen molar-refractivity contribution in [1.29, 1.82) is 0 Å². The zero-order valence-corrected chi connectivity index (χ0v) is 8.51. The third kappa shape index (κ3) is 2.18. The van der Waals surface area contributed by atoms with E-state index in [4.69, 9.17) is 0 Å². The van der Waals surface area contributed by atoms with Crippen LogP contribution in [0.2, 0.25) is 0 Å². The van der Waals surface area contributed by atoms with Crippen molar-refractivity contribution in [2.45, 2.75) is 12.1 Å². The number of nitrogens with zero attached hydrogens (tertiary/aromatic N) is 2. The van der Waals surface area contributed by atoms with Crippen molar-refractivity contribution in [2.24, 2.45) is 0 Å². The molecule has 1 aromatic rings. The summed E-state index contributed by atoms with van der Waals surface area (Å²) in [4.78, 5) is 19.2. The predicted molar refractivity (Wildman–Crippen MR) is 49.9 cm³/mol. The van der Waals surface area contributed by atoms with Gasteiger partial charge < -0.3 is 4.74 Å². The third-order valence-electron chi connectivity index (χ3n) is 1.51. The van der Waals surface area contributed by atoms with Crippen molar-refractivity contribution in [1.82, 2.24) is 9.97 Å². The number of thioether (sulfide) groups is 1. The molecule has 0 unspecified atom stereocenters.